The molecular formula is C23H33O2P. The second-order valence-corrected chi connectivity index (χ2v) is 10.4. The molecule has 2 nitrogen and oxygen atoms in total. The summed E-state index contributed by atoms with van der Waals surface area (Å²) >= 11 is 0. The third-order valence-electron chi connectivity index (χ3n) is 5.30. The van der Waals surface area contributed by atoms with Gasteiger partial charge in [0.15, 0.2) is 0 Å². The van der Waals surface area contributed by atoms with Crippen LogP contribution in [0.3, 0.4) is 0 Å². The topological polar surface area (TPSA) is 37.3 Å². The first-order valence-corrected chi connectivity index (χ1v) is 11.7. The molecule has 0 aromatic heterocycles. The predicted molar refractivity (Wildman–Crippen MR) is 113 cm³/mol. The monoisotopic (exact) mass is 372 g/mol. The van der Waals surface area contributed by atoms with Crippen LogP contribution < -0.4 is 10.6 Å². The highest BCUT2D eigenvalue weighted by atomic mass is 31.2. The van der Waals surface area contributed by atoms with Crippen molar-refractivity contribution in [3.05, 3.63) is 60.7 Å². The standard InChI is InChI=1S/C23H33O2P/c1-4-6-18-22(23(3,24)19-7-5-2)26(25,20-14-10-8-11-15-20)21-16-12-9-13-17-21/h8-17,22,24H,4-7,18-19H2,1-3H3/t22-,23+/m1/s1. The Morgan fingerprint density at radius 2 is 1.35 bits per heavy atom. The summed E-state index contributed by atoms with van der Waals surface area (Å²) in [6, 6.07) is 19.5. The van der Waals surface area contributed by atoms with Crippen LogP contribution in [0.2, 0.25) is 0 Å². The van der Waals surface area contributed by atoms with Gasteiger partial charge in [-0.1, -0.05) is 100 Å². The second-order valence-electron chi connectivity index (χ2n) is 7.45. The Balaban J connectivity index is 2.61. The highest BCUT2D eigenvalue weighted by Crippen LogP contribution is 2.55. The summed E-state index contributed by atoms with van der Waals surface area (Å²) in [6.07, 6.45) is 5.42. The number of rotatable bonds is 10. The van der Waals surface area contributed by atoms with Gasteiger partial charge >= 0.3 is 0 Å². The van der Waals surface area contributed by atoms with Crippen LogP contribution in [-0.2, 0) is 4.57 Å². The van der Waals surface area contributed by atoms with Crippen LogP contribution in [0.25, 0.3) is 0 Å². The molecule has 26 heavy (non-hydrogen) atoms. The largest absolute Gasteiger partial charge is 0.389 e. The zero-order valence-electron chi connectivity index (χ0n) is 16.4. The van der Waals surface area contributed by atoms with Crippen molar-refractivity contribution in [3.63, 3.8) is 0 Å². The van der Waals surface area contributed by atoms with Crippen LogP contribution >= 0.6 is 7.14 Å². The van der Waals surface area contributed by atoms with Gasteiger partial charge in [-0.05, 0) is 19.8 Å². The number of hydrogen-bond acceptors (Lipinski definition) is 2. The highest BCUT2D eigenvalue weighted by molar-refractivity contribution is 7.79. The maximum absolute atomic E-state index is 14.7. The molecule has 0 bridgehead atoms. The van der Waals surface area contributed by atoms with Crippen molar-refractivity contribution in [3.8, 4) is 0 Å². The maximum atomic E-state index is 14.7. The van der Waals surface area contributed by atoms with Gasteiger partial charge in [0.25, 0.3) is 0 Å². The molecule has 0 spiro atoms. The minimum atomic E-state index is -2.98. The van der Waals surface area contributed by atoms with E-state index in [-0.39, 0.29) is 5.66 Å². The molecule has 0 amide bonds. The molecule has 2 atom stereocenters. The molecule has 0 saturated carbocycles. The smallest absolute Gasteiger partial charge is 0.148 e. The first-order chi connectivity index (χ1) is 12.5. The summed E-state index contributed by atoms with van der Waals surface area (Å²) in [5.41, 5.74) is -1.22. The fourth-order valence-electron chi connectivity index (χ4n) is 3.79. The van der Waals surface area contributed by atoms with Crippen LogP contribution in [0.5, 0.6) is 0 Å². The summed E-state index contributed by atoms with van der Waals surface area (Å²) < 4.78 is 14.7. The van der Waals surface area contributed by atoms with E-state index in [1.54, 1.807) is 0 Å². The van der Waals surface area contributed by atoms with Gasteiger partial charge in [-0.15, -0.1) is 0 Å². The molecular weight excluding hydrogens is 339 g/mol. The molecule has 2 rings (SSSR count). The normalized spacial score (nSPS) is 15.4. The average molecular weight is 372 g/mol. The van der Waals surface area contributed by atoms with Crippen molar-refractivity contribution in [1.82, 2.24) is 0 Å². The van der Waals surface area contributed by atoms with Gasteiger partial charge in [0.1, 0.15) is 7.14 Å². The van der Waals surface area contributed by atoms with Crippen molar-refractivity contribution >= 4 is 17.8 Å². The summed E-state index contributed by atoms with van der Waals surface area (Å²) in [5, 5.41) is 13.1. The summed E-state index contributed by atoms with van der Waals surface area (Å²) in [5.74, 6) is 0. The molecule has 0 heterocycles. The zero-order chi connectivity index (χ0) is 19.0. The van der Waals surface area contributed by atoms with E-state index in [1.807, 2.05) is 67.6 Å². The lowest BCUT2D eigenvalue weighted by molar-refractivity contribution is 0.0408. The quantitative estimate of drug-likeness (QED) is 0.559. The molecule has 0 aliphatic rings. The molecule has 0 unspecified atom stereocenters. The Morgan fingerprint density at radius 1 is 0.885 bits per heavy atom. The summed E-state index contributed by atoms with van der Waals surface area (Å²) in [7, 11) is -2.98. The molecule has 0 radical (unpaired) electrons. The Morgan fingerprint density at radius 3 is 1.77 bits per heavy atom. The van der Waals surface area contributed by atoms with Crippen molar-refractivity contribution in [2.75, 3.05) is 0 Å². The van der Waals surface area contributed by atoms with E-state index in [1.165, 1.54) is 0 Å². The van der Waals surface area contributed by atoms with E-state index < -0.39 is 12.7 Å². The van der Waals surface area contributed by atoms with Crippen molar-refractivity contribution < 1.29 is 9.67 Å². The van der Waals surface area contributed by atoms with E-state index >= 15 is 0 Å². The summed E-state index contributed by atoms with van der Waals surface area (Å²) in [6.45, 7) is 6.17. The van der Waals surface area contributed by atoms with Gasteiger partial charge in [0.2, 0.25) is 0 Å². The zero-order valence-corrected chi connectivity index (χ0v) is 17.3. The number of aliphatic hydroxyl groups is 1. The molecule has 142 valence electrons. The lowest BCUT2D eigenvalue weighted by Gasteiger charge is -2.39. The maximum Gasteiger partial charge on any atom is 0.148 e. The van der Waals surface area contributed by atoms with Crippen LogP contribution in [0, 0.1) is 0 Å². The van der Waals surface area contributed by atoms with E-state index in [9.17, 15) is 9.67 Å². The van der Waals surface area contributed by atoms with Crippen LogP contribution in [0.1, 0.15) is 59.3 Å². The lowest BCUT2D eigenvalue weighted by Crippen LogP contribution is -2.43. The average Bonchev–Trinajstić information content (AvgIpc) is 2.67. The third-order valence-corrected chi connectivity index (χ3v) is 9.13. The molecule has 3 heteroatoms. The first kappa shape index (κ1) is 20.9. The van der Waals surface area contributed by atoms with Gasteiger partial charge in [-0.2, -0.15) is 0 Å². The molecule has 0 aliphatic heterocycles. The molecule has 2 aromatic carbocycles. The van der Waals surface area contributed by atoms with Crippen molar-refractivity contribution in [2.24, 2.45) is 0 Å². The Bertz CT molecular complexity index is 651. The van der Waals surface area contributed by atoms with E-state index in [4.69, 9.17) is 0 Å². The van der Waals surface area contributed by atoms with Gasteiger partial charge in [0.05, 0.1) is 5.60 Å². The van der Waals surface area contributed by atoms with E-state index in [2.05, 4.69) is 13.8 Å². The molecule has 0 fully saturated rings. The second kappa shape index (κ2) is 9.53. The van der Waals surface area contributed by atoms with Crippen molar-refractivity contribution in [1.29, 1.82) is 0 Å². The van der Waals surface area contributed by atoms with E-state index in [0.717, 1.165) is 42.7 Å². The van der Waals surface area contributed by atoms with Crippen LogP contribution in [0.15, 0.2) is 60.7 Å². The number of benzene rings is 2. The van der Waals surface area contributed by atoms with Gasteiger partial charge < -0.3 is 9.67 Å². The fourth-order valence-corrected chi connectivity index (χ4v) is 7.50. The minimum Gasteiger partial charge on any atom is -0.389 e. The van der Waals surface area contributed by atoms with Crippen molar-refractivity contribution in [2.45, 2.75) is 70.6 Å². The molecule has 2 aromatic rings. The van der Waals surface area contributed by atoms with Gasteiger partial charge in [-0.3, -0.25) is 0 Å². The highest BCUT2D eigenvalue weighted by Gasteiger charge is 2.45. The molecule has 0 saturated heterocycles. The van der Waals surface area contributed by atoms with E-state index in [0.29, 0.717) is 6.42 Å². The first-order valence-electron chi connectivity index (χ1n) is 9.90. The van der Waals surface area contributed by atoms with Crippen LogP contribution in [-0.4, -0.2) is 16.4 Å². The number of hydrogen-bond donors (Lipinski definition) is 1. The SMILES string of the molecule is CCCC[C@H]([C@@](C)(O)CCCC)P(=O)(c1ccccc1)c1ccccc1. The minimum absolute atomic E-state index is 0.272. The number of unbranched alkanes of at least 4 members (excludes halogenated alkanes) is 2. The predicted octanol–water partition coefficient (Wildman–Crippen LogP) is 5.50. The Kier molecular flexibility index (Phi) is 7.68. The third kappa shape index (κ3) is 4.67. The van der Waals surface area contributed by atoms with Gasteiger partial charge in [-0.25, -0.2) is 0 Å². The Labute approximate surface area is 159 Å². The van der Waals surface area contributed by atoms with Crippen LogP contribution in [0.4, 0.5) is 0 Å². The Hall–Kier alpha value is -1.37. The fraction of sp³-hybridized carbons (Fsp3) is 0.478. The molecule has 0 aliphatic carbocycles. The lowest BCUT2D eigenvalue weighted by atomic mass is 9.92. The summed E-state index contributed by atoms with van der Waals surface area (Å²) in [4.78, 5) is 0. The van der Waals surface area contributed by atoms with Gasteiger partial charge in [0, 0.05) is 16.3 Å². The molecule has 1 N–H and O–H groups in total.